The molecular formula is C19H32N4O. The summed E-state index contributed by atoms with van der Waals surface area (Å²) in [6.07, 6.45) is 1.78. The monoisotopic (exact) mass is 332 g/mol. The summed E-state index contributed by atoms with van der Waals surface area (Å²) >= 11 is 0. The molecule has 2 atom stereocenters. The summed E-state index contributed by atoms with van der Waals surface area (Å²) in [7, 11) is 1.82. The lowest BCUT2D eigenvalue weighted by Crippen LogP contribution is -2.46. The minimum absolute atomic E-state index is 0.338. The van der Waals surface area contributed by atoms with E-state index in [0.717, 1.165) is 45.1 Å². The van der Waals surface area contributed by atoms with Crippen LogP contribution in [0.15, 0.2) is 29.3 Å². The van der Waals surface area contributed by atoms with E-state index in [1.807, 2.05) is 7.05 Å². The summed E-state index contributed by atoms with van der Waals surface area (Å²) in [5.74, 6) is 0.861. The largest absolute Gasteiger partial charge is 0.373 e. The minimum Gasteiger partial charge on any atom is -0.373 e. The van der Waals surface area contributed by atoms with E-state index in [0.29, 0.717) is 12.2 Å². The predicted octanol–water partition coefficient (Wildman–Crippen LogP) is 2.16. The minimum atomic E-state index is 0.338. The Balaban J connectivity index is 1.65. The predicted molar refractivity (Wildman–Crippen MR) is 100 cm³/mol. The Morgan fingerprint density at radius 3 is 2.67 bits per heavy atom. The van der Waals surface area contributed by atoms with Gasteiger partial charge in [-0.1, -0.05) is 29.8 Å². The van der Waals surface area contributed by atoms with Crippen LogP contribution in [0.2, 0.25) is 0 Å². The number of nitrogens with zero attached hydrogens (tertiary/aromatic N) is 2. The third-order valence-corrected chi connectivity index (χ3v) is 4.20. The summed E-state index contributed by atoms with van der Waals surface area (Å²) in [6.45, 7) is 11.3. The number of hydrogen-bond donors (Lipinski definition) is 2. The first-order valence-electron chi connectivity index (χ1n) is 8.94. The highest BCUT2D eigenvalue weighted by atomic mass is 16.5. The van der Waals surface area contributed by atoms with Crippen LogP contribution >= 0.6 is 0 Å². The van der Waals surface area contributed by atoms with Crippen LogP contribution in [-0.4, -0.2) is 56.3 Å². The second kappa shape index (κ2) is 9.64. The van der Waals surface area contributed by atoms with Crippen LogP contribution < -0.4 is 10.6 Å². The van der Waals surface area contributed by atoms with Crippen molar-refractivity contribution in [3.05, 3.63) is 35.4 Å². The first-order chi connectivity index (χ1) is 11.6. The second-order valence-electron chi connectivity index (χ2n) is 6.71. The van der Waals surface area contributed by atoms with Gasteiger partial charge in [0.1, 0.15) is 0 Å². The molecule has 0 bridgehead atoms. The van der Waals surface area contributed by atoms with E-state index in [-0.39, 0.29) is 0 Å². The van der Waals surface area contributed by atoms with Crippen LogP contribution in [0, 0.1) is 6.92 Å². The number of ether oxygens (including phenoxy) is 1. The number of benzene rings is 1. The van der Waals surface area contributed by atoms with Gasteiger partial charge in [-0.15, -0.1) is 0 Å². The molecule has 1 aromatic carbocycles. The van der Waals surface area contributed by atoms with Crippen molar-refractivity contribution in [1.82, 2.24) is 15.5 Å². The molecule has 2 N–H and O–H groups in total. The number of guanidine groups is 1. The van der Waals surface area contributed by atoms with Crippen molar-refractivity contribution < 1.29 is 4.74 Å². The zero-order valence-electron chi connectivity index (χ0n) is 15.5. The number of nitrogens with one attached hydrogen (secondary N) is 2. The maximum Gasteiger partial charge on any atom is 0.191 e. The lowest BCUT2D eigenvalue weighted by Gasteiger charge is -2.35. The Labute approximate surface area is 146 Å². The Morgan fingerprint density at radius 1 is 1.25 bits per heavy atom. The van der Waals surface area contributed by atoms with Crippen molar-refractivity contribution in [3.63, 3.8) is 0 Å². The highest BCUT2D eigenvalue weighted by Crippen LogP contribution is 2.10. The van der Waals surface area contributed by atoms with Crippen LogP contribution in [0.5, 0.6) is 0 Å². The van der Waals surface area contributed by atoms with Gasteiger partial charge in [0.25, 0.3) is 0 Å². The van der Waals surface area contributed by atoms with Crippen molar-refractivity contribution >= 4 is 5.96 Å². The fourth-order valence-corrected chi connectivity index (χ4v) is 3.20. The Bertz CT molecular complexity index is 522. The number of morpholine rings is 1. The van der Waals surface area contributed by atoms with E-state index in [2.05, 4.69) is 65.6 Å². The molecular weight excluding hydrogens is 300 g/mol. The summed E-state index contributed by atoms with van der Waals surface area (Å²) in [5.41, 5.74) is 2.56. The topological polar surface area (TPSA) is 48.9 Å². The molecule has 0 saturated carbocycles. The highest BCUT2D eigenvalue weighted by Gasteiger charge is 2.21. The van der Waals surface area contributed by atoms with Gasteiger partial charge in [-0.3, -0.25) is 9.89 Å². The summed E-state index contributed by atoms with van der Waals surface area (Å²) < 4.78 is 5.77. The van der Waals surface area contributed by atoms with Gasteiger partial charge in [0.05, 0.1) is 12.2 Å². The summed E-state index contributed by atoms with van der Waals surface area (Å²) in [5, 5.41) is 6.77. The molecule has 0 amide bonds. The normalized spacial score (nSPS) is 22.4. The second-order valence-corrected chi connectivity index (χ2v) is 6.71. The maximum atomic E-state index is 5.77. The first-order valence-corrected chi connectivity index (χ1v) is 8.94. The van der Waals surface area contributed by atoms with Crippen LogP contribution in [0.4, 0.5) is 0 Å². The van der Waals surface area contributed by atoms with E-state index < -0.39 is 0 Å². The lowest BCUT2D eigenvalue weighted by molar-refractivity contribution is -0.0679. The van der Waals surface area contributed by atoms with Crippen LogP contribution in [0.3, 0.4) is 0 Å². The van der Waals surface area contributed by atoms with Crippen LogP contribution in [-0.2, 0) is 11.3 Å². The van der Waals surface area contributed by atoms with Crippen molar-refractivity contribution in [3.8, 4) is 0 Å². The van der Waals surface area contributed by atoms with Crippen LogP contribution in [0.1, 0.15) is 31.4 Å². The van der Waals surface area contributed by atoms with E-state index in [9.17, 15) is 0 Å². The average Bonchev–Trinajstić information content (AvgIpc) is 2.53. The molecule has 134 valence electrons. The van der Waals surface area contributed by atoms with Crippen LogP contribution in [0.25, 0.3) is 0 Å². The molecule has 1 aromatic rings. The van der Waals surface area contributed by atoms with E-state index >= 15 is 0 Å². The van der Waals surface area contributed by atoms with E-state index in [4.69, 9.17) is 4.74 Å². The number of rotatable bonds is 6. The standard InChI is InChI=1S/C19H32N4O/c1-15-7-5-8-18(11-15)12-22-19(20-4)21-9-6-10-23-13-16(2)24-17(3)14-23/h5,7-8,11,16-17H,6,9-10,12-14H2,1-4H3,(H2,20,21,22). The number of hydrogen-bond acceptors (Lipinski definition) is 3. The van der Waals surface area contributed by atoms with E-state index in [1.165, 1.54) is 11.1 Å². The third-order valence-electron chi connectivity index (χ3n) is 4.20. The Hall–Kier alpha value is -1.59. The van der Waals surface area contributed by atoms with Gasteiger partial charge in [-0.2, -0.15) is 0 Å². The zero-order chi connectivity index (χ0) is 17.4. The summed E-state index contributed by atoms with van der Waals surface area (Å²) in [4.78, 5) is 6.78. The molecule has 0 spiro atoms. The molecule has 1 fully saturated rings. The number of aryl methyl sites for hydroxylation is 1. The van der Waals surface area contributed by atoms with Crippen molar-refractivity contribution in [2.75, 3.05) is 33.2 Å². The molecule has 5 heteroatoms. The van der Waals surface area contributed by atoms with Crippen molar-refractivity contribution in [2.24, 2.45) is 4.99 Å². The average molecular weight is 332 g/mol. The fourth-order valence-electron chi connectivity index (χ4n) is 3.20. The molecule has 0 aliphatic carbocycles. The summed E-state index contributed by atoms with van der Waals surface area (Å²) in [6, 6.07) is 8.53. The molecule has 1 heterocycles. The SMILES string of the molecule is CN=C(NCCCN1CC(C)OC(C)C1)NCc1cccc(C)c1. The zero-order valence-corrected chi connectivity index (χ0v) is 15.5. The molecule has 2 rings (SSSR count). The molecule has 0 aromatic heterocycles. The smallest absolute Gasteiger partial charge is 0.191 e. The highest BCUT2D eigenvalue weighted by molar-refractivity contribution is 5.79. The maximum absolute atomic E-state index is 5.77. The molecule has 2 unspecified atom stereocenters. The van der Waals surface area contributed by atoms with Gasteiger partial charge >= 0.3 is 0 Å². The molecule has 1 saturated heterocycles. The fraction of sp³-hybridized carbons (Fsp3) is 0.632. The number of aliphatic imine (C=N–C) groups is 1. The van der Waals surface area contributed by atoms with Gasteiger partial charge in [0, 0.05) is 39.8 Å². The molecule has 1 aliphatic rings. The Morgan fingerprint density at radius 2 is 2.00 bits per heavy atom. The molecule has 24 heavy (non-hydrogen) atoms. The Kier molecular flexibility index (Phi) is 7.53. The van der Waals surface area contributed by atoms with Crippen molar-refractivity contribution in [2.45, 2.75) is 45.9 Å². The van der Waals surface area contributed by atoms with Gasteiger partial charge < -0.3 is 15.4 Å². The lowest BCUT2D eigenvalue weighted by atomic mass is 10.1. The quantitative estimate of drug-likeness (QED) is 0.476. The molecule has 0 radical (unpaired) electrons. The molecule has 1 aliphatic heterocycles. The molecule has 5 nitrogen and oxygen atoms in total. The van der Waals surface area contributed by atoms with Gasteiger partial charge in [0.2, 0.25) is 0 Å². The van der Waals surface area contributed by atoms with Gasteiger partial charge in [-0.25, -0.2) is 0 Å². The third kappa shape index (κ3) is 6.49. The van der Waals surface area contributed by atoms with Gasteiger partial charge in [-0.05, 0) is 32.8 Å². The first kappa shape index (κ1) is 18.7. The van der Waals surface area contributed by atoms with Gasteiger partial charge in [0.15, 0.2) is 5.96 Å². The van der Waals surface area contributed by atoms with E-state index in [1.54, 1.807) is 0 Å². The van der Waals surface area contributed by atoms with Crippen molar-refractivity contribution in [1.29, 1.82) is 0 Å².